The maximum absolute atomic E-state index is 10.8. The first-order valence-electron chi connectivity index (χ1n) is 3.57. The molecule has 0 fully saturated rings. The van der Waals surface area contributed by atoms with Crippen molar-refractivity contribution in [3.8, 4) is 0 Å². The first-order valence-corrected chi connectivity index (χ1v) is 4.36. The highest BCUT2D eigenvalue weighted by molar-refractivity contribution is 9.10. The van der Waals surface area contributed by atoms with E-state index in [2.05, 4.69) is 25.9 Å². The van der Waals surface area contributed by atoms with Gasteiger partial charge in [0.2, 0.25) is 0 Å². The number of carbonyl (C=O) groups is 1. The second kappa shape index (κ2) is 3.76. The molecule has 64 valence electrons. The molecule has 0 unspecified atom stereocenters. The summed E-state index contributed by atoms with van der Waals surface area (Å²) in [5, 5.41) is 0. The fourth-order valence-electron chi connectivity index (χ4n) is 0.862. The van der Waals surface area contributed by atoms with Crippen LogP contribution in [0.4, 0.5) is 0 Å². The lowest BCUT2D eigenvalue weighted by Gasteiger charge is -2.00. The molecule has 0 saturated heterocycles. The van der Waals surface area contributed by atoms with Crippen LogP contribution in [0.5, 0.6) is 0 Å². The molecule has 0 aliphatic carbocycles. The van der Waals surface area contributed by atoms with Gasteiger partial charge in [-0.3, -0.25) is 4.79 Å². The molecule has 4 heteroatoms. The summed E-state index contributed by atoms with van der Waals surface area (Å²) in [6.45, 7) is 3.35. The summed E-state index contributed by atoms with van der Waals surface area (Å²) in [5.74, 6) is 0.795. The van der Waals surface area contributed by atoms with E-state index in [1.165, 1.54) is 0 Å². The zero-order valence-corrected chi connectivity index (χ0v) is 8.55. The lowest BCUT2D eigenvalue weighted by Crippen LogP contribution is -2.02. The van der Waals surface area contributed by atoms with Crippen LogP contribution in [0.15, 0.2) is 10.7 Å². The van der Waals surface area contributed by atoms with Gasteiger partial charge >= 0.3 is 0 Å². The van der Waals surface area contributed by atoms with Crippen molar-refractivity contribution in [2.75, 3.05) is 0 Å². The fraction of sp³-hybridized carbons (Fsp3) is 0.375. The van der Waals surface area contributed by atoms with Crippen LogP contribution in [0.25, 0.3) is 0 Å². The third-order valence-electron chi connectivity index (χ3n) is 1.35. The van der Waals surface area contributed by atoms with Gasteiger partial charge in [-0.25, -0.2) is 9.97 Å². The highest BCUT2D eigenvalue weighted by Crippen LogP contribution is 2.13. The Bertz CT molecular complexity index is 312. The van der Waals surface area contributed by atoms with Crippen LogP contribution in [0.2, 0.25) is 0 Å². The van der Waals surface area contributed by atoms with Crippen LogP contribution in [0, 0.1) is 6.92 Å². The summed E-state index contributed by atoms with van der Waals surface area (Å²) in [6.07, 6.45) is 2.03. The first-order chi connectivity index (χ1) is 5.59. The number of aryl methyl sites for hydroxylation is 1. The minimum absolute atomic E-state index is 0.105. The molecule has 1 rings (SSSR count). The topological polar surface area (TPSA) is 42.9 Å². The monoisotopic (exact) mass is 228 g/mol. The third-order valence-corrected chi connectivity index (χ3v) is 2.02. The van der Waals surface area contributed by atoms with Gasteiger partial charge in [0.25, 0.3) is 0 Å². The molecule has 0 amide bonds. The molecule has 1 aromatic heterocycles. The van der Waals surface area contributed by atoms with E-state index in [1.807, 2.05) is 0 Å². The van der Waals surface area contributed by atoms with Crippen molar-refractivity contribution in [3.63, 3.8) is 0 Å². The maximum atomic E-state index is 10.8. The maximum Gasteiger partial charge on any atom is 0.135 e. The number of nitrogens with zero attached hydrogens (tertiary/aromatic N) is 2. The van der Waals surface area contributed by atoms with Crippen LogP contribution in [0.1, 0.15) is 18.4 Å². The summed E-state index contributed by atoms with van der Waals surface area (Å²) in [6, 6.07) is 0. The quantitative estimate of drug-likeness (QED) is 0.774. The van der Waals surface area contributed by atoms with Crippen LogP contribution in [-0.2, 0) is 11.2 Å². The SMILES string of the molecule is CC(=O)Cc1nc(C)ncc1Br. The van der Waals surface area contributed by atoms with E-state index in [-0.39, 0.29) is 5.78 Å². The van der Waals surface area contributed by atoms with E-state index in [0.29, 0.717) is 12.2 Å². The Labute approximate surface area is 79.4 Å². The number of Topliss-reactive ketones (excluding diaryl/α,β-unsaturated/α-hetero) is 1. The van der Waals surface area contributed by atoms with Gasteiger partial charge in [0.1, 0.15) is 11.6 Å². The minimum atomic E-state index is 0.105. The van der Waals surface area contributed by atoms with Gasteiger partial charge in [-0.2, -0.15) is 0 Å². The molecule has 0 aromatic carbocycles. The summed E-state index contributed by atoms with van der Waals surface area (Å²) < 4.78 is 0.795. The van der Waals surface area contributed by atoms with Crippen LogP contribution in [0.3, 0.4) is 0 Å². The average Bonchev–Trinajstić information content (AvgIpc) is 1.96. The molecule has 0 saturated carbocycles. The highest BCUT2D eigenvalue weighted by Gasteiger charge is 2.04. The average molecular weight is 229 g/mol. The molecule has 0 atom stereocenters. The van der Waals surface area contributed by atoms with E-state index in [9.17, 15) is 4.79 Å². The summed E-state index contributed by atoms with van der Waals surface area (Å²) in [4.78, 5) is 18.9. The zero-order chi connectivity index (χ0) is 9.14. The van der Waals surface area contributed by atoms with Gasteiger partial charge < -0.3 is 0 Å². The Balaban J connectivity index is 2.97. The number of hydrogen-bond donors (Lipinski definition) is 0. The van der Waals surface area contributed by atoms with Crippen LogP contribution < -0.4 is 0 Å². The Morgan fingerprint density at radius 2 is 2.33 bits per heavy atom. The lowest BCUT2D eigenvalue weighted by molar-refractivity contribution is -0.116. The predicted octanol–water partition coefficient (Wildman–Crippen LogP) is 1.68. The third kappa shape index (κ3) is 2.37. The standard InChI is InChI=1S/C8H9BrN2O/c1-5(12)3-8-7(9)4-10-6(2)11-8/h4H,3H2,1-2H3. The number of carbonyl (C=O) groups excluding carboxylic acids is 1. The van der Waals surface area contributed by atoms with Crippen molar-refractivity contribution in [3.05, 3.63) is 22.2 Å². The molecule has 0 radical (unpaired) electrons. The number of hydrogen-bond acceptors (Lipinski definition) is 3. The zero-order valence-electron chi connectivity index (χ0n) is 6.97. The Hall–Kier alpha value is -0.770. The van der Waals surface area contributed by atoms with E-state index in [4.69, 9.17) is 0 Å². The van der Waals surface area contributed by atoms with E-state index < -0.39 is 0 Å². The predicted molar refractivity (Wildman–Crippen MR) is 48.9 cm³/mol. The first kappa shape index (κ1) is 9.32. The molecule has 1 aromatic rings. The van der Waals surface area contributed by atoms with Gasteiger partial charge in [-0.05, 0) is 29.8 Å². The van der Waals surface area contributed by atoms with Crippen LogP contribution >= 0.6 is 15.9 Å². The molecule has 3 nitrogen and oxygen atoms in total. The van der Waals surface area contributed by atoms with E-state index in [1.54, 1.807) is 20.0 Å². The van der Waals surface area contributed by atoms with Crippen molar-refractivity contribution >= 4 is 21.7 Å². The molecule has 0 aliphatic rings. The van der Waals surface area contributed by atoms with Gasteiger partial charge in [0.15, 0.2) is 0 Å². The molecule has 0 bridgehead atoms. The van der Waals surface area contributed by atoms with Crippen LogP contribution in [-0.4, -0.2) is 15.8 Å². The minimum Gasteiger partial charge on any atom is -0.300 e. The molecule has 12 heavy (non-hydrogen) atoms. The second-order valence-corrected chi connectivity index (χ2v) is 3.44. The Kier molecular flexibility index (Phi) is 2.92. The molecular formula is C8H9BrN2O. The Morgan fingerprint density at radius 3 is 2.92 bits per heavy atom. The summed E-state index contributed by atoms with van der Waals surface area (Å²) in [5.41, 5.74) is 0.759. The number of halogens is 1. The lowest BCUT2D eigenvalue weighted by atomic mass is 10.2. The summed E-state index contributed by atoms with van der Waals surface area (Å²) in [7, 11) is 0. The molecule has 0 aliphatic heterocycles. The van der Waals surface area contributed by atoms with E-state index in [0.717, 1.165) is 10.2 Å². The normalized spacial score (nSPS) is 9.92. The van der Waals surface area contributed by atoms with Gasteiger partial charge in [0.05, 0.1) is 10.2 Å². The van der Waals surface area contributed by atoms with Gasteiger partial charge in [-0.1, -0.05) is 0 Å². The smallest absolute Gasteiger partial charge is 0.135 e. The van der Waals surface area contributed by atoms with Crippen molar-refractivity contribution in [2.45, 2.75) is 20.3 Å². The van der Waals surface area contributed by atoms with Crippen molar-refractivity contribution < 1.29 is 4.79 Å². The summed E-state index contributed by atoms with van der Waals surface area (Å²) >= 11 is 3.28. The number of rotatable bonds is 2. The van der Waals surface area contributed by atoms with Crippen molar-refractivity contribution in [1.82, 2.24) is 9.97 Å². The largest absolute Gasteiger partial charge is 0.300 e. The Morgan fingerprint density at radius 1 is 1.67 bits per heavy atom. The second-order valence-electron chi connectivity index (χ2n) is 2.59. The van der Waals surface area contributed by atoms with Gasteiger partial charge in [-0.15, -0.1) is 0 Å². The van der Waals surface area contributed by atoms with E-state index >= 15 is 0 Å². The number of ketones is 1. The molecule has 0 N–H and O–H groups in total. The molecule has 0 spiro atoms. The molecular weight excluding hydrogens is 220 g/mol. The number of aromatic nitrogens is 2. The van der Waals surface area contributed by atoms with Gasteiger partial charge in [0, 0.05) is 12.6 Å². The fourth-order valence-corrected chi connectivity index (χ4v) is 1.19. The van der Waals surface area contributed by atoms with Crippen molar-refractivity contribution in [2.24, 2.45) is 0 Å². The van der Waals surface area contributed by atoms with Crippen molar-refractivity contribution in [1.29, 1.82) is 0 Å². The molecule has 1 heterocycles. The highest BCUT2D eigenvalue weighted by atomic mass is 79.9.